The Labute approximate surface area is 181 Å². The van der Waals surface area contributed by atoms with Crippen molar-refractivity contribution in [1.29, 1.82) is 0 Å². The van der Waals surface area contributed by atoms with Gasteiger partial charge in [0.2, 0.25) is 0 Å². The smallest absolute Gasteiger partial charge is 0.302 e. The van der Waals surface area contributed by atoms with Gasteiger partial charge in [0.25, 0.3) is 0 Å². The summed E-state index contributed by atoms with van der Waals surface area (Å²) < 4.78 is 11.1. The van der Waals surface area contributed by atoms with E-state index in [0.717, 1.165) is 44.9 Å². The predicted octanol–water partition coefficient (Wildman–Crippen LogP) is 4.64. The van der Waals surface area contributed by atoms with Gasteiger partial charge < -0.3 is 14.6 Å². The maximum atomic E-state index is 11.7. The number of hydrogen-bond acceptors (Lipinski definition) is 5. The summed E-state index contributed by atoms with van der Waals surface area (Å²) in [4.78, 5) is 23.0. The summed E-state index contributed by atoms with van der Waals surface area (Å²) in [5.74, 6) is 1.96. The molecule has 1 N–H and O–H groups in total. The lowest BCUT2D eigenvalue weighted by atomic mass is 9.44. The first-order valence-electron chi connectivity index (χ1n) is 12.1. The van der Waals surface area contributed by atoms with Crippen molar-refractivity contribution in [1.82, 2.24) is 0 Å². The molecule has 30 heavy (non-hydrogen) atoms. The van der Waals surface area contributed by atoms with Gasteiger partial charge in [-0.15, -0.1) is 0 Å². The lowest BCUT2D eigenvalue weighted by molar-refractivity contribution is -0.201. The highest BCUT2D eigenvalue weighted by atomic mass is 16.6. The molecule has 5 heteroatoms. The minimum atomic E-state index is -0.932. The quantitative estimate of drug-likeness (QED) is 0.673. The van der Waals surface area contributed by atoms with Gasteiger partial charge in [0.15, 0.2) is 0 Å². The summed E-state index contributed by atoms with van der Waals surface area (Å²) >= 11 is 0. The maximum absolute atomic E-state index is 11.7. The van der Waals surface area contributed by atoms with Gasteiger partial charge in [-0.25, -0.2) is 0 Å². The number of rotatable bonds is 3. The van der Waals surface area contributed by atoms with Gasteiger partial charge in [-0.2, -0.15) is 0 Å². The van der Waals surface area contributed by atoms with Crippen LogP contribution in [0, 0.1) is 34.5 Å². The highest BCUT2D eigenvalue weighted by Gasteiger charge is 2.66. The van der Waals surface area contributed by atoms with E-state index in [4.69, 9.17) is 9.47 Å². The molecule has 0 amide bonds. The van der Waals surface area contributed by atoms with Crippen LogP contribution in [-0.2, 0) is 19.1 Å². The van der Waals surface area contributed by atoms with Crippen molar-refractivity contribution in [3.05, 3.63) is 0 Å². The Kier molecular flexibility index (Phi) is 5.52. The number of carbonyl (C=O) groups excluding carboxylic acids is 2. The average molecular weight is 421 g/mol. The molecular weight excluding hydrogens is 380 g/mol. The zero-order chi connectivity index (χ0) is 21.9. The first-order valence-corrected chi connectivity index (χ1v) is 12.1. The van der Waals surface area contributed by atoms with Gasteiger partial charge in [-0.1, -0.05) is 13.8 Å². The van der Waals surface area contributed by atoms with Crippen molar-refractivity contribution in [3.8, 4) is 0 Å². The maximum Gasteiger partial charge on any atom is 0.302 e. The van der Waals surface area contributed by atoms with Crippen molar-refractivity contribution < 1.29 is 24.2 Å². The summed E-state index contributed by atoms with van der Waals surface area (Å²) in [6.45, 7) is 9.57. The molecule has 0 radical (unpaired) electrons. The molecule has 170 valence electrons. The predicted molar refractivity (Wildman–Crippen MR) is 113 cm³/mol. The first kappa shape index (κ1) is 22.1. The molecule has 9 atom stereocenters. The Bertz CT molecular complexity index is 706. The Morgan fingerprint density at radius 3 is 2.30 bits per heavy atom. The van der Waals surface area contributed by atoms with Crippen LogP contribution in [0.5, 0.6) is 0 Å². The lowest BCUT2D eigenvalue weighted by Gasteiger charge is -2.62. The molecule has 0 aromatic carbocycles. The van der Waals surface area contributed by atoms with Crippen LogP contribution in [0.15, 0.2) is 0 Å². The average Bonchev–Trinajstić information content (AvgIpc) is 2.93. The molecule has 4 rings (SSSR count). The second-order valence-electron chi connectivity index (χ2n) is 11.3. The van der Waals surface area contributed by atoms with E-state index < -0.39 is 11.7 Å². The molecule has 0 heterocycles. The summed E-state index contributed by atoms with van der Waals surface area (Å²) in [6.07, 6.45) is 9.02. The second kappa shape index (κ2) is 7.50. The Balaban J connectivity index is 1.54. The Morgan fingerprint density at radius 1 is 0.933 bits per heavy atom. The summed E-state index contributed by atoms with van der Waals surface area (Å²) in [5, 5.41) is 11.7. The third-order valence-electron chi connectivity index (χ3n) is 10.2. The van der Waals surface area contributed by atoms with Gasteiger partial charge in [-0.3, -0.25) is 9.59 Å². The van der Waals surface area contributed by atoms with E-state index in [1.165, 1.54) is 26.7 Å². The van der Waals surface area contributed by atoms with Gasteiger partial charge in [0, 0.05) is 19.3 Å². The van der Waals surface area contributed by atoms with Gasteiger partial charge in [-0.05, 0) is 93.8 Å². The van der Waals surface area contributed by atoms with Crippen molar-refractivity contribution >= 4 is 11.9 Å². The van der Waals surface area contributed by atoms with Crippen molar-refractivity contribution in [3.63, 3.8) is 0 Å². The molecule has 4 aliphatic carbocycles. The monoisotopic (exact) mass is 420 g/mol. The van der Waals surface area contributed by atoms with Gasteiger partial charge in [0.05, 0.1) is 0 Å². The number of ether oxygens (including phenoxy) is 2. The fourth-order valence-electron chi connectivity index (χ4n) is 8.63. The topological polar surface area (TPSA) is 72.8 Å². The van der Waals surface area contributed by atoms with Crippen LogP contribution in [0.25, 0.3) is 0 Å². The van der Waals surface area contributed by atoms with Crippen LogP contribution in [0.4, 0.5) is 0 Å². The largest absolute Gasteiger partial charge is 0.463 e. The van der Waals surface area contributed by atoms with E-state index in [9.17, 15) is 14.7 Å². The zero-order valence-electron chi connectivity index (χ0n) is 19.4. The third kappa shape index (κ3) is 3.22. The highest BCUT2D eigenvalue weighted by molar-refractivity contribution is 5.66. The number of aliphatic hydroxyl groups is 1. The van der Waals surface area contributed by atoms with Crippen LogP contribution in [0.1, 0.15) is 92.4 Å². The van der Waals surface area contributed by atoms with E-state index >= 15 is 0 Å². The van der Waals surface area contributed by atoms with Gasteiger partial charge in [0.1, 0.15) is 17.8 Å². The highest BCUT2D eigenvalue weighted by Crippen LogP contribution is 2.68. The molecular formula is C25H40O5. The van der Waals surface area contributed by atoms with E-state index in [0.29, 0.717) is 29.1 Å². The van der Waals surface area contributed by atoms with Crippen LogP contribution >= 0.6 is 0 Å². The fraction of sp³-hybridized carbons (Fsp3) is 0.920. The van der Waals surface area contributed by atoms with E-state index in [2.05, 4.69) is 13.8 Å². The van der Waals surface area contributed by atoms with Crippen LogP contribution in [0.2, 0.25) is 0 Å². The molecule has 0 aliphatic heterocycles. The summed E-state index contributed by atoms with van der Waals surface area (Å²) in [7, 11) is 0. The van der Waals surface area contributed by atoms with E-state index in [1.807, 2.05) is 6.92 Å². The second-order valence-corrected chi connectivity index (χ2v) is 11.3. The van der Waals surface area contributed by atoms with Crippen molar-refractivity contribution in [2.75, 3.05) is 0 Å². The molecule has 0 aromatic heterocycles. The molecule has 0 bridgehead atoms. The summed E-state index contributed by atoms with van der Waals surface area (Å²) in [5.41, 5.74) is -0.816. The van der Waals surface area contributed by atoms with Gasteiger partial charge >= 0.3 is 11.9 Å². The number of hydrogen-bond donors (Lipinski definition) is 1. The normalized spacial score (nSPS) is 48.7. The first-order chi connectivity index (χ1) is 14.0. The fourth-order valence-corrected chi connectivity index (χ4v) is 8.63. The van der Waals surface area contributed by atoms with Crippen molar-refractivity contribution in [2.45, 2.75) is 110 Å². The third-order valence-corrected chi connectivity index (χ3v) is 10.2. The minimum Gasteiger partial charge on any atom is -0.463 e. The van der Waals surface area contributed by atoms with E-state index in [-0.39, 0.29) is 23.5 Å². The molecule has 0 aromatic rings. The standard InChI is InChI=1S/C25H40O5/c1-15(29-16(2)26)25(28)13-10-22-20-7-6-18-14-19(30-17(3)27)8-11-23(18,4)21(20)9-12-24(22,25)5/h15,18-22,28H,6-14H2,1-5H3/t15-,18-,19-,20-,21+,22+,23-,24+,25+/m0/s1. The molecule has 4 saturated carbocycles. The number of fused-ring (bicyclic) bond motifs is 5. The Morgan fingerprint density at radius 2 is 1.63 bits per heavy atom. The molecule has 0 spiro atoms. The lowest BCUT2D eigenvalue weighted by Crippen LogP contribution is -2.60. The SMILES string of the molecule is CC(=O)O[C@H]1CC[C@@]2(C)[C@@H](CC[C@H]3[C@H]2CC[C@]2(C)[C@@H]3CC[C@@]2(O)[C@H](C)OC(C)=O)C1. The minimum absolute atomic E-state index is 0.0899. The van der Waals surface area contributed by atoms with Crippen LogP contribution < -0.4 is 0 Å². The molecule has 0 saturated heterocycles. The molecule has 5 nitrogen and oxygen atoms in total. The Hall–Kier alpha value is -1.10. The zero-order valence-corrected chi connectivity index (χ0v) is 19.4. The number of esters is 2. The van der Waals surface area contributed by atoms with Crippen LogP contribution in [0.3, 0.4) is 0 Å². The molecule has 4 fully saturated rings. The number of carbonyl (C=O) groups is 2. The van der Waals surface area contributed by atoms with E-state index in [1.54, 1.807) is 0 Å². The van der Waals surface area contributed by atoms with Crippen molar-refractivity contribution in [2.24, 2.45) is 34.5 Å². The van der Waals surface area contributed by atoms with Crippen LogP contribution in [-0.4, -0.2) is 34.9 Å². The summed E-state index contributed by atoms with van der Waals surface area (Å²) in [6, 6.07) is 0. The molecule has 4 aliphatic rings. The molecule has 0 unspecified atom stereocenters.